The molecule has 0 unspecified atom stereocenters. The number of hydrogen-bond donors (Lipinski definition) is 0. The van der Waals surface area contributed by atoms with Gasteiger partial charge in [-0.05, 0) is 37.1 Å². The van der Waals surface area contributed by atoms with Crippen LogP contribution in [0.3, 0.4) is 0 Å². The molecule has 0 spiro atoms. The summed E-state index contributed by atoms with van der Waals surface area (Å²) in [6.07, 6.45) is 2.89. The molecular weight excluding hydrogens is 274 g/mol. The number of carbonyl (C=O) groups is 1. The van der Waals surface area contributed by atoms with Crippen molar-refractivity contribution in [1.82, 2.24) is 3.97 Å². The summed E-state index contributed by atoms with van der Waals surface area (Å²) in [5.41, 5.74) is 2.58. The predicted octanol–water partition coefficient (Wildman–Crippen LogP) is 2.09. The minimum Gasteiger partial charge on any atom is -0.299 e. The smallest absolute Gasteiger partial charge is 0.267 e. The summed E-state index contributed by atoms with van der Waals surface area (Å²) >= 11 is 0. The maximum atomic E-state index is 12.6. The molecule has 1 aliphatic carbocycles. The molecule has 3 rings (SSSR count). The fourth-order valence-corrected chi connectivity index (χ4v) is 3.90. The lowest BCUT2D eigenvalue weighted by atomic mass is 9.97. The van der Waals surface area contributed by atoms with Crippen LogP contribution in [0.1, 0.15) is 23.2 Å². The van der Waals surface area contributed by atoms with Gasteiger partial charge >= 0.3 is 0 Å². The third kappa shape index (κ3) is 2.08. The maximum Gasteiger partial charge on any atom is 0.267 e. The Kier molecular flexibility index (Phi) is 3.01. The summed E-state index contributed by atoms with van der Waals surface area (Å²) < 4.78 is 26.5. The van der Waals surface area contributed by atoms with E-state index in [1.54, 1.807) is 36.5 Å². The van der Waals surface area contributed by atoms with E-state index in [4.69, 9.17) is 0 Å². The van der Waals surface area contributed by atoms with Crippen molar-refractivity contribution >= 4 is 15.8 Å². The van der Waals surface area contributed by atoms with Crippen LogP contribution >= 0.6 is 0 Å². The quantitative estimate of drug-likeness (QED) is 0.850. The molecule has 104 valence electrons. The molecule has 0 bridgehead atoms. The second kappa shape index (κ2) is 4.59. The Morgan fingerprint density at radius 3 is 2.45 bits per heavy atom. The van der Waals surface area contributed by atoms with Crippen molar-refractivity contribution in [2.45, 2.75) is 31.1 Å². The second-order valence-electron chi connectivity index (χ2n) is 5.12. The van der Waals surface area contributed by atoms with Gasteiger partial charge in [0.2, 0.25) is 0 Å². The van der Waals surface area contributed by atoms with Crippen LogP contribution in [-0.4, -0.2) is 18.2 Å². The fraction of sp³-hybridized carbons (Fsp3) is 0.267. The number of rotatable bonds is 2. The molecule has 1 aromatic heterocycles. The van der Waals surface area contributed by atoms with Crippen molar-refractivity contribution in [2.75, 3.05) is 0 Å². The zero-order valence-electron chi connectivity index (χ0n) is 11.2. The van der Waals surface area contributed by atoms with Gasteiger partial charge in [-0.3, -0.25) is 4.79 Å². The SMILES string of the molecule is Cc1ccc(S(=O)(=O)n2ccc3c2CC(=O)CC3)cc1. The first-order valence-electron chi connectivity index (χ1n) is 6.51. The number of aromatic nitrogens is 1. The third-order valence-corrected chi connectivity index (χ3v) is 5.39. The maximum absolute atomic E-state index is 12.6. The summed E-state index contributed by atoms with van der Waals surface area (Å²) in [5.74, 6) is 0.0940. The molecule has 0 saturated carbocycles. The van der Waals surface area contributed by atoms with E-state index >= 15 is 0 Å². The average Bonchev–Trinajstić information content (AvgIpc) is 2.82. The largest absolute Gasteiger partial charge is 0.299 e. The van der Waals surface area contributed by atoms with E-state index in [9.17, 15) is 13.2 Å². The van der Waals surface area contributed by atoms with Gasteiger partial charge in [-0.15, -0.1) is 0 Å². The molecule has 20 heavy (non-hydrogen) atoms. The van der Waals surface area contributed by atoms with E-state index < -0.39 is 10.0 Å². The number of Topliss-reactive ketones (excluding diaryl/α,β-unsaturated/α-hetero) is 1. The van der Waals surface area contributed by atoms with Gasteiger partial charge in [0.1, 0.15) is 5.78 Å². The van der Waals surface area contributed by atoms with Crippen molar-refractivity contribution in [2.24, 2.45) is 0 Å². The summed E-state index contributed by atoms with van der Waals surface area (Å²) in [4.78, 5) is 11.8. The van der Waals surface area contributed by atoms with Gasteiger partial charge in [-0.25, -0.2) is 12.4 Å². The first-order valence-corrected chi connectivity index (χ1v) is 7.95. The van der Waals surface area contributed by atoms with Crippen molar-refractivity contribution in [3.8, 4) is 0 Å². The average molecular weight is 289 g/mol. The van der Waals surface area contributed by atoms with Crippen molar-refractivity contribution in [3.63, 3.8) is 0 Å². The van der Waals surface area contributed by atoms with E-state index in [1.807, 2.05) is 6.92 Å². The number of ketones is 1. The minimum atomic E-state index is -3.61. The van der Waals surface area contributed by atoms with E-state index in [2.05, 4.69) is 0 Å². The van der Waals surface area contributed by atoms with Gasteiger partial charge in [-0.1, -0.05) is 17.7 Å². The van der Waals surface area contributed by atoms with E-state index in [0.29, 0.717) is 18.5 Å². The lowest BCUT2D eigenvalue weighted by Gasteiger charge is -2.15. The molecule has 0 amide bonds. The van der Waals surface area contributed by atoms with Gasteiger partial charge in [0, 0.05) is 24.7 Å². The molecule has 1 aromatic carbocycles. The van der Waals surface area contributed by atoms with Crippen LogP contribution in [0.4, 0.5) is 0 Å². The third-order valence-electron chi connectivity index (χ3n) is 3.66. The summed E-state index contributed by atoms with van der Waals surface area (Å²) in [6, 6.07) is 8.54. The Hall–Kier alpha value is -1.88. The number of carbonyl (C=O) groups excluding carboxylic acids is 1. The highest BCUT2D eigenvalue weighted by Gasteiger charge is 2.25. The highest BCUT2D eigenvalue weighted by Crippen LogP contribution is 2.25. The van der Waals surface area contributed by atoms with E-state index in [1.165, 1.54) is 3.97 Å². The zero-order chi connectivity index (χ0) is 14.3. The van der Waals surface area contributed by atoms with Crippen LogP contribution in [-0.2, 0) is 27.7 Å². The van der Waals surface area contributed by atoms with Crippen LogP contribution in [0, 0.1) is 6.92 Å². The van der Waals surface area contributed by atoms with Crippen molar-refractivity contribution in [1.29, 1.82) is 0 Å². The van der Waals surface area contributed by atoms with Gasteiger partial charge in [0.25, 0.3) is 10.0 Å². The monoisotopic (exact) mass is 289 g/mol. The molecule has 1 aliphatic rings. The van der Waals surface area contributed by atoms with Gasteiger partial charge in [-0.2, -0.15) is 0 Å². The van der Waals surface area contributed by atoms with Crippen LogP contribution < -0.4 is 0 Å². The topological polar surface area (TPSA) is 56.1 Å². The van der Waals surface area contributed by atoms with Crippen molar-refractivity contribution in [3.05, 3.63) is 53.3 Å². The highest BCUT2D eigenvalue weighted by atomic mass is 32.2. The molecule has 0 fully saturated rings. The van der Waals surface area contributed by atoms with Crippen molar-refractivity contribution < 1.29 is 13.2 Å². The molecule has 1 heterocycles. The standard InChI is InChI=1S/C15H15NO3S/c1-11-2-6-14(7-3-11)20(18,19)16-9-8-12-4-5-13(17)10-15(12)16/h2-3,6-9H,4-5,10H2,1H3. The lowest BCUT2D eigenvalue weighted by Crippen LogP contribution is -2.20. The molecule has 0 radical (unpaired) electrons. The summed E-state index contributed by atoms with van der Waals surface area (Å²) in [5, 5.41) is 0. The molecule has 4 nitrogen and oxygen atoms in total. The number of hydrogen-bond acceptors (Lipinski definition) is 3. The number of fused-ring (bicyclic) bond motifs is 1. The first-order chi connectivity index (χ1) is 9.48. The highest BCUT2D eigenvalue weighted by molar-refractivity contribution is 7.90. The Labute approximate surface area is 118 Å². The Morgan fingerprint density at radius 2 is 1.75 bits per heavy atom. The number of benzene rings is 1. The molecule has 0 atom stereocenters. The Balaban J connectivity index is 2.11. The van der Waals surface area contributed by atoms with Gasteiger partial charge in [0.05, 0.1) is 4.90 Å². The lowest BCUT2D eigenvalue weighted by molar-refractivity contribution is -0.118. The van der Waals surface area contributed by atoms with Gasteiger partial charge < -0.3 is 0 Å². The minimum absolute atomic E-state index is 0.0940. The Bertz CT molecular complexity index is 770. The zero-order valence-corrected chi connectivity index (χ0v) is 12.0. The predicted molar refractivity (Wildman–Crippen MR) is 75.2 cm³/mol. The number of aryl methyl sites for hydroxylation is 2. The molecular formula is C15H15NO3S. The first kappa shape index (κ1) is 13.1. The summed E-state index contributed by atoms with van der Waals surface area (Å²) in [7, 11) is -3.61. The van der Waals surface area contributed by atoms with Crippen LogP contribution in [0.25, 0.3) is 0 Å². The second-order valence-corrected chi connectivity index (χ2v) is 6.93. The number of nitrogens with zero attached hydrogens (tertiary/aromatic N) is 1. The molecule has 0 N–H and O–H groups in total. The Morgan fingerprint density at radius 1 is 1.05 bits per heavy atom. The summed E-state index contributed by atoms with van der Waals surface area (Å²) in [6.45, 7) is 1.91. The molecule has 0 saturated heterocycles. The molecule has 5 heteroatoms. The van der Waals surface area contributed by atoms with Gasteiger partial charge in [0.15, 0.2) is 0 Å². The van der Waals surface area contributed by atoms with Crippen LogP contribution in [0.2, 0.25) is 0 Å². The van der Waals surface area contributed by atoms with Crippen LogP contribution in [0.5, 0.6) is 0 Å². The molecule has 2 aromatic rings. The molecule has 0 aliphatic heterocycles. The van der Waals surface area contributed by atoms with E-state index in [0.717, 1.165) is 11.1 Å². The fourth-order valence-electron chi connectivity index (χ4n) is 2.50. The van der Waals surface area contributed by atoms with Crippen LogP contribution in [0.15, 0.2) is 41.4 Å². The normalized spacial score (nSPS) is 15.2. The van der Waals surface area contributed by atoms with E-state index in [-0.39, 0.29) is 17.1 Å².